The number of hydrogen-bond acceptors (Lipinski definition) is 3. The van der Waals surface area contributed by atoms with Crippen molar-refractivity contribution in [2.24, 2.45) is 0 Å². The molecule has 138 valence electrons. The van der Waals surface area contributed by atoms with Gasteiger partial charge in [0.2, 0.25) is 5.66 Å². The molecule has 3 aromatic carbocycles. The SMILES string of the molecule is O=C1c2ccccc2NC2(C(=O)Nc3ccccc32)N1CCc1ccccc1. The van der Waals surface area contributed by atoms with Crippen molar-refractivity contribution >= 4 is 23.2 Å². The van der Waals surface area contributed by atoms with E-state index >= 15 is 0 Å². The highest BCUT2D eigenvalue weighted by Gasteiger charge is 2.56. The van der Waals surface area contributed by atoms with Gasteiger partial charge in [-0.05, 0) is 30.2 Å². The number of hydrogen-bond donors (Lipinski definition) is 2. The molecule has 1 atom stereocenters. The van der Waals surface area contributed by atoms with E-state index in [0.29, 0.717) is 24.2 Å². The lowest BCUT2D eigenvalue weighted by Crippen LogP contribution is -2.61. The van der Waals surface area contributed by atoms with Crippen LogP contribution in [0.1, 0.15) is 21.5 Å². The molecular weight excluding hydrogens is 350 g/mol. The highest BCUT2D eigenvalue weighted by Crippen LogP contribution is 2.45. The molecule has 2 aliphatic rings. The number of rotatable bonds is 3. The third kappa shape index (κ3) is 2.33. The Hall–Kier alpha value is -3.60. The fourth-order valence-corrected chi connectivity index (χ4v) is 4.13. The molecule has 0 aromatic heterocycles. The molecule has 2 amide bonds. The van der Waals surface area contributed by atoms with E-state index < -0.39 is 5.66 Å². The van der Waals surface area contributed by atoms with E-state index in [9.17, 15) is 9.59 Å². The fourth-order valence-electron chi connectivity index (χ4n) is 4.13. The summed E-state index contributed by atoms with van der Waals surface area (Å²) in [6, 6.07) is 24.9. The summed E-state index contributed by atoms with van der Waals surface area (Å²) in [5, 5.41) is 6.33. The minimum absolute atomic E-state index is 0.142. The first-order valence-electron chi connectivity index (χ1n) is 9.34. The molecule has 0 bridgehead atoms. The molecule has 5 heteroatoms. The second kappa shape index (κ2) is 6.23. The lowest BCUT2D eigenvalue weighted by molar-refractivity contribution is -0.125. The van der Waals surface area contributed by atoms with Crippen molar-refractivity contribution in [3.05, 3.63) is 95.6 Å². The Morgan fingerprint density at radius 3 is 2.29 bits per heavy atom. The molecule has 0 saturated heterocycles. The normalized spacial score (nSPS) is 19.8. The predicted molar refractivity (Wildman–Crippen MR) is 108 cm³/mol. The van der Waals surface area contributed by atoms with Gasteiger partial charge >= 0.3 is 0 Å². The zero-order valence-electron chi connectivity index (χ0n) is 15.2. The van der Waals surface area contributed by atoms with Crippen molar-refractivity contribution in [3.63, 3.8) is 0 Å². The van der Waals surface area contributed by atoms with Crippen molar-refractivity contribution in [1.29, 1.82) is 0 Å². The van der Waals surface area contributed by atoms with Crippen molar-refractivity contribution < 1.29 is 9.59 Å². The van der Waals surface area contributed by atoms with Gasteiger partial charge in [0.25, 0.3) is 11.8 Å². The lowest BCUT2D eigenvalue weighted by atomic mass is 9.92. The average Bonchev–Trinajstić information content (AvgIpc) is 3.00. The third-order valence-corrected chi connectivity index (χ3v) is 5.48. The van der Waals surface area contributed by atoms with Crippen LogP contribution in [-0.2, 0) is 16.9 Å². The Kier molecular flexibility index (Phi) is 3.69. The van der Waals surface area contributed by atoms with Crippen LogP contribution in [0.2, 0.25) is 0 Å². The Morgan fingerprint density at radius 2 is 1.46 bits per heavy atom. The summed E-state index contributed by atoms with van der Waals surface area (Å²) in [4.78, 5) is 28.3. The molecule has 0 saturated carbocycles. The van der Waals surface area contributed by atoms with Crippen molar-refractivity contribution in [1.82, 2.24) is 4.90 Å². The zero-order valence-corrected chi connectivity index (χ0v) is 15.2. The summed E-state index contributed by atoms with van der Waals surface area (Å²) in [6.07, 6.45) is 0.660. The Balaban J connectivity index is 1.63. The summed E-state index contributed by atoms with van der Waals surface area (Å²) < 4.78 is 0. The number of nitrogens with one attached hydrogen (secondary N) is 2. The molecule has 2 N–H and O–H groups in total. The van der Waals surface area contributed by atoms with Crippen molar-refractivity contribution in [2.75, 3.05) is 17.2 Å². The Morgan fingerprint density at radius 1 is 0.786 bits per heavy atom. The molecule has 0 fully saturated rings. The maximum absolute atomic E-state index is 13.5. The first-order valence-corrected chi connectivity index (χ1v) is 9.34. The van der Waals surface area contributed by atoms with Crippen LogP contribution in [0, 0.1) is 0 Å². The Labute approximate surface area is 163 Å². The van der Waals surface area contributed by atoms with Crippen molar-refractivity contribution in [2.45, 2.75) is 12.1 Å². The molecular formula is C23H19N3O2. The maximum atomic E-state index is 13.5. The first kappa shape index (κ1) is 16.6. The summed E-state index contributed by atoms with van der Waals surface area (Å²) in [7, 11) is 0. The first-order chi connectivity index (χ1) is 13.7. The number of amides is 2. The van der Waals surface area contributed by atoms with Crippen molar-refractivity contribution in [3.8, 4) is 0 Å². The fraction of sp³-hybridized carbons (Fsp3) is 0.130. The number of carbonyl (C=O) groups excluding carboxylic acids is 2. The molecule has 1 unspecified atom stereocenters. The largest absolute Gasteiger partial charge is 0.350 e. The number of benzene rings is 3. The quantitative estimate of drug-likeness (QED) is 0.742. The predicted octanol–water partition coefficient (Wildman–Crippen LogP) is 3.60. The molecule has 28 heavy (non-hydrogen) atoms. The summed E-state index contributed by atoms with van der Waals surface area (Å²) in [5.74, 6) is -0.373. The minimum atomic E-state index is -1.24. The molecule has 2 aliphatic heterocycles. The molecule has 0 aliphatic carbocycles. The second-order valence-electron chi connectivity index (χ2n) is 7.07. The molecule has 1 spiro atoms. The smallest absolute Gasteiger partial charge is 0.276 e. The van der Waals surface area contributed by atoms with E-state index in [4.69, 9.17) is 0 Å². The van der Waals surface area contributed by atoms with Gasteiger partial charge in [-0.3, -0.25) is 9.59 Å². The van der Waals surface area contributed by atoms with Gasteiger partial charge in [-0.15, -0.1) is 0 Å². The van der Waals surface area contributed by atoms with E-state index in [-0.39, 0.29) is 11.8 Å². The summed E-state index contributed by atoms with van der Waals surface area (Å²) >= 11 is 0. The topological polar surface area (TPSA) is 61.4 Å². The van der Waals surface area contributed by atoms with Crippen LogP contribution in [0.15, 0.2) is 78.9 Å². The van der Waals surface area contributed by atoms with Gasteiger partial charge in [0.15, 0.2) is 0 Å². The van der Waals surface area contributed by atoms with Crippen LogP contribution in [0.5, 0.6) is 0 Å². The monoisotopic (exact) mass is 369 g/mol. The third-order valence-electron chi connectivity index (χ3n) is 5.48. The van der Waals surface area contributed by atoms with Gasteiger partial charge in [-0.1, -0.05) is 60.7 Å². The molecule has 3 aromatic rings. The summed E-state index contributed by atoms with van der Waals surface area (Å²) in [6.45, 7) is 0.423. The molecule has 5 nitrogen and oxygen atoms in total. The molecule has 5 rings (SSSR count). The van der Waals surface area contributed by atoms with Crippen LogP contribution in [0.3, 0.4) is 0 Å². The van der Waals surface area contributed by atoms with Crippen LogP contribution in [0.4, 0.5) is 11.4 Å². The average molecular weight is 369 g/mol. The number of anilines is 2. The molecule has 0 radical (unpaired) electrons. The Bertz CT molecular complexity index is 1080. The van der Waals surface area contributed by atoms with Gasteiger partial charge < -0.3 is 15.5 Å². The molecule has 2 heterocycles. The minimum Gasteiger partial charge on any atom is -0.350 e. The van der Waals surface area contributed by atoms with E-state index in [1.807, 2.05) is 72.8 Å². The van der Waals surface area contributed by atoms with Gasteiger partial charge in [0.1, 0.15) is 0 Å². The summed E-state index contributed by atoms with van der Waals surface area (Å²) in [5.41, 5.74) is 2.65. The number of carbonyl (C=O) groups is 2. The lowest BCUT2D eigenvalue weighted by Gasteiger charge is -2.44. The highest BCUT2D eigenvalue weighted by molar-refractivity contribution is 6.14. The standard InChI is InChI=1S/C23H19N3O2/c27-21-17-10-4-6-12-19(17)25-23(18-11-5-7-13-20(18)24-22(23)28)26(21)15-14-16-8-2-1-3-9-16/h1-13,25H,14-15H2,(H,24,28). The maximum Gasteiger partial charge on any atom is 0.276 e. The van der Waals surface area contributed by atoms with Gasteiger partial charge in [0, 0.05) is 23.5 Å². The van der Waals surface area contributed by atoms with Crippen LogP contribution in [-0.4, -0.2) is 23.3 Å². The van der Waals surface area contributed by atoms with E-state index in [1.54, 1.807) is 11.0 Å². The van der Waals surface area contributed by atoms with Gasteiger partial charge in [-0.25, -0.2) is 0 Å². The van der Waals surface area contributed by atoms with Crippen LogP contribution < -0.4 is 10.6 Å². The zero-order chi connectivity index (χ0) is 19.1. The van der Waals surface area contributed by atoms with E-state index in [1.165, 1.54) is 0 Å². The van der Waals surface area contributed by atoms with E-state index in [2.05, 4.69) is 10.6 Å². The van der Waals surface area contributed by atoms with E-state index in [0.717, 1.165) is 16.8 Å². The number of fused-ring (bicyclic) bond motifs is 3. The van der Waals surface area contributed by atoms with Crippen LogP contribution in [0.25, 0.3) is 0 Å². The van der Waals surface area contributed by atoms with Gasteiger partial charge in [-0.2, -0.15) is 0 Å². The number of para-hydroxylation sites is 2. The highest BCUT2D eigenvalue weighted by atomic mass is 16.2. The van der Waals surface area contributed by atoms with Gasteiger partial charge in [0.05, 0.1) is 5.56 Å². The second-order valence-corrected chi connectivity index (χ2v) is 7.07. The number of nitrogens with zero attached hydrogens (tertiary/aromatic N) is 1. The van der Waals surface area contributed by atoms with Crippen LogP contribution >= 0.6 is 0 Å².